The molecule has 0 fully saturated rings. The first-order chi connectivity index (χ1) is 6.65. The van der Waals surface area contributed by atoms with Crippen molar-refractivity contribution in [1.29, 1.82) is 0 Å². The van der Waals surface area contributed by atoms with E-state index in [1.165, 1.54) is 0 Å². The first-order valence-corrected chi connectivity index (χ1v) is 5.37. The van der Waals surface area contributed by atoms with Gasteiger partial charge in [0.15, 0.2) is 5.78 Å². The minimum absolute atomic E-state index is 0.0311. The Morgan fingerprint density at radius 2 is 2.21 bits per heavy atom. The van der Waals surface area contributed by atoms with Gasteiger partial charge >= 0.3 is 0 Å². The predicted molar refractivity (Wildman–Crippen MR) is 59.9 cm³/mol. The highest BCUT2D eigenvalue weighted by molar-refractivity contribution is 9.10. The van der Waals surface area contributed by atoms with Crippen molar-refractivity contribution in [3.63, 3.8) is 0 Å². The molecule has 1 aromatic rings. The van der Waals surface area contributed by atoms with Crippen LogP contribution in [0.3, 0.4) is 0 Å². The summed E-state index contributed by atoms with van der Waals surface area (Å²) in [6.07, 6.45) is 0.934. The van der Waals surface area contributed by atoms with Gasteiger partial charge < -0.3 is 4.74 Å². The van der Waals surface area contributed by atoms with Gasteiger partial charge in [0.2, 0.25) is 0 Å². The van der Waals surface area contributed by atoms with Crippen molar-refractivity contribution in [3.8, 4) is 5.75 Å². The van der Waals surface area contributed by atoms with Crippen molar-refractivity contribution in [2.75, 3.05) is 6.61 Å². The maximum atomic E-state index is 11.2. The predicted octanol–water partition coefficient (Wildman–Crippen LogP) is 3.44. The van der Waals surface area contributed by atoms with Crippen molar-refractivity contribution in [2.24, 2.45) is 0 Å². The van der Waals surface area contributed by atoms with Gasteiger partial charge in [-0.2, -0.15) is 0 Å². The molecule has 0 N–H and O–H groups in total. The van der Waals surface area contributed by atoms with E-state index in [4.69, 9.17) is 4.74 Å². The third-order valence-electron chi connectivity index (χ3n) is 1.78. The summed E-state index contributed by atoms with van der Waals surface area (Å²) in [5.74, 6) is 0.692. The number of hydrogen-bond donors (Lipinski definition) is 0. The van der Waals surface area contributed by atoms with Gasteiger partial charge in [-0.3, -0.25) is 4.79 Å². The summed E-state index contributed by atoms with van der Waals surface area (Å²) < 4.78 is 6.40. The van der Waals surface area contributed by atoms with E-state index >= 15 is 0 Å². The van der Waals surface area contributed by atoms with E-state index in [0.717, 1.165) is 10.9 Å². The molecule has 0 unspecified atom stereocenters. The minimum atomic E-state index is 0.0311. The molecule has 0 radical (unpaired) electrons. The molecule has 0 saturated carbocycles. The summed E-state index contributed by atoms with van der Waals surface area (Å²) in [4.78, 5) is 11.2. The normalized spacial score (nSPS) is 9.93. The van der Waals surface area contributed by atoms with Gasteiger partial charge in [0.05, 0.1) is 12.2 Å². The van der Waals surface area contributed by atoms with Crippen molar-refractivity contribution in [1.82, 2.24) is 0 Å². The van der Waals surface area contributed by atoms with Gasteiger partial charge in [0, 0.05) is 4.47 Å². The second kappa shape index (κ2) is 5.15. The Bertz CT molecular complexity index is 334. The van der Waals surface area contributed by atoms with Crippen LogP contribution in [0.2, 0.25) is 0 Å². The Labute approximate surface area is 92.4 Å². The molecule has 0 bridgehead atoms. The summed E-state index contributed by atoms with van der Waals surface area (Å²) in [6.45, 7) is 4.21. The molecule has 1 aromatic carbocycles. The Morgan fingerprint density at radius 1 is 1.50 bits per heavy atom. The fourth-order valence-electron chi connectivity index (χ4n) is 1.12. The van der Waals surface area contributed by atoms with Crippen LogP contribution in [0.5, 0.6) is 5.75 Å². The number of carbonyl (C=O) groups excluding carboxylic acids is 1. The lowest BCUT2D eigenvalue weighted by Crippen LogP contribution is -2.01. The SMILES string of the molecule is CCCOc1cc(Br)ccc1C(C)=O. The van der Waals surface area contributed by atoms with Gasteiger partial charge in [-0.1, -0.05) is 22.9 Å². The third-order valence-corrected chi connectivity index (χ3v) is 2.28. The molecule has 0 spiro atoms. The number of halogens is 1. The van der Waals surface area contributed by atoms with E-state index in [-0.39, 0.29) is 5.78 Å². The number of benzene rings is 1. The summed E-state index contributed by atoms with van der Waals surface area (Å²) >= 11 is 3.35. The Morgan fingerprint density at radius 3 is 2.79 bits per heavy atom. The highest BCUT2D eigenvalue weighted by Crippen LogP contribution is 2.24. The highest BCUT2D eigenvalue weighted by Gasteiger charge is 2.08. The zero-order valence-electron chi connectivity index (χ0n) is 8.34. The van der Waals surface area contributed by atoms with Crippen LogP contribution in [0.4, 0.5) is 0 Å². The summed E-state index contributed by atoms with van der Waals surface area (Å²) in [7, 11) is 0. The molecule has 3 heteroatoms. The van der Waals surface area contributed by atoms with E-state index < -0.39 is 0 Å². The molecule has 0 aromatic heterocycles. The molecule has 76 valence electrons. The fraction of sp³-hybridized carbons (Fsp3) is 0.364. The molecule has 0 heterocycles. The molecule has 0 aliphatic rings. The van der Waals surface area contributed by atoms with Gasteiger partial charge in [-0.25, -0.2) is 0 Å². The van der Waals surface area contributed by atoms with Crippen LogP contribution in [0, 0.1) is 0 Å². The summed E-state index contributed by atoms with van der Waals surface area (Å²) in [6, 6.07) is 5.44. The van der Waals surface area contributed by atoms with E-state index in [9.17, 15) is 4.79 Å². The van der Waals surface area contributed by atoms with Crippen LogP contribution in [-0.4, -0.2) is 12.4 Å². The zero-order valence-corrected chi connectivity index (χ0v) is 9.93. The molecule has 0 saturated heterocycles. The molecule has 0 aliphatic carbocycles. The Kier molecular flexibility index (Phi) is 4.14. The van der Waals surface area contributed by atoms with Gasteiger partial charge in [0.25, 0.3) is 0 Å². The largest absolute Gasteiger partial charge is 0.493 e. The Balaban J connectivity index is 2.97. The lowest BCUT2D eigenvalue weighted by atomic mass is 10.1. The number of rotatable bonds is 4. The maximum absolute atomic E-state index is 11.2. The van der Waals surface area contributed by atoms with Crippen molar-refractivity contribution in [3.05, 3.63) is 28.2 Å². The van der Waals surface area contributed by atoms with Crippen LogP contribution >= 0.6 is 15.9 Å². The summed E-state index contributed by atoms with van der Waals surface area (Å²) in [5.41, 5.74) is 0.640. The molecule has 0 amide bonds. The summed E-state index contributed by atoms with van der Waals surface area (Å²) in [5, 5.41) is 0. The van der Waals surface area contributed by atoms with Crippen molar-refractivity contribution in [2.45, 2.75) is 20.3 Å². The monoisotopic (exact) mass is 256 g/mol. The molecule has 1 rings (SSSR count). The molecular formula is C11H13BrO2. The fourth-order valence-corrected chi connectivity index (χ4v) is 1.46. The molecule has 0 aliphatic heterocycles. The standard InChI is InChI=1S/C11H13BrO2/c1-3-6-14-11-7-9(12)4-5-10(11)8(2)13/h4-5,7H,3,6H2,1-2H3. The topological polar surface area (TPSA) is 26.3 Å². The lowest BCUT2D eigenvalue weighted by Gasteiger charge is -2.08. The van der Waals surface area contributed by atoms with Crippen LogP contribution in [0.1, 0.15) is 30.6 Å². The van der Waals surface area contributed by atoms with Crippen molar-refractivity contribution < 1.29 is 9.53 Å². The third kappa shape index (κ3) is 2.84. The van der Waals surface area contributed by atoms with Crippen LogP contribution in [-0.2, 0) is 0 Å². The van der Waals surface area contributed by atoms with Gasteiger partial charge in [0.1, 0.15) is 5.75 Å². The first-order valence-electron chi connectivity index (χ1n) is 4.58. The zero-order chi connectivity index (χ0) is 10.6. The number of carbonyl (C=O) groups is 1. The quantitative estimate of drug-likeness (QED) is 0.772. The number of ketones is 1. The van der Waals surface area contributed by atoms with Gasteiger partial charge in [-0.15, -0.1) is 0 Å². The van der Waals surface area contributed by atoms with E-state index in [0.29, 0.717) is 17.9 Å². The molecule has 14 heavy (non-hydrogen) atoms. The Hall–Kier alpha value is -0.830. The average Bonchev–Trinajstić information content (AvgIpc) is 2.14. The minimum Gasteiger partial charge on any atom is -0.493 e. The molecular weight excluding hydrogens is 244 g/mol. The average molecular weight is 257 g/mol. The van der Waals surface area contributed by atoms with Crippen LogP contribution in [0.25, 0.3) is 0 Å². The van der Waals surface area contributed by atoms with Crippen LogP contribution in [0.15, 0.2) is 22.7 Å². The second-order valence-electron chi connectivity index (χ2n) is 3.05. The first kappa shape index (κ1) is 11.2. The smallest absolute Gasteiger partial charge is 0.163 e. The van der Waals surface area contributed by atoms with E-state index in [1.54, 1.807) is 13.0 Å². The van der Waals surface area contributed by atoms with Crippen molar-refractivity contribution >= 4 is 21.7 Å². The highest BCUT2D eigenvalue weighted by atomic mass is 79.9. The molecule has 2 nitrogen and oxygen atoms in total. The number of hydrogen-bond acceptors (Lipinski definition) is 2. The van der Waals surface area contributed by atoms with E-state index in [2.05, 4.69) is 15.9 Å². The number of ether oxygens (including phenoxy) is 1. The second-order valence-corrected chi connectivity index (χ2v) is 3.96. The molecule has 0 atom stereocenters. The maximum Gasteiger partial charge on any atom is 0.163 e. The lowest BCUT2D eigenvalue weighted by molar-refractivity contribution is 0.101. The number of Topliss-reactive ketones (excluding diaryl/α,β-unsaturated/α-hetero) is 1. The van der Waals surface area contributed by atoms with E-state index in [1.807, 2.05) is 19.1 Å². The van der Waals surface area contributed by atoms with Crippen LogP contribution < -0.4 is 4.74 Å². The van der Waals surface area contributed by atoms with Gasteiger partial charge in [-0.05, 0) is 31.5 Å².